The lowest BCUT2D eigenvalue weighted by atomic mass is 10.0. The lowest BCUT2D eigenvalue weighted by molar-refractivity contribution is 0.0907. The van der Waals surface area contributed by atoms with Gasteiger partial charge in [0.1, 0.15) is 0 Å². The van der Waals surface area contributed by atoms with E-state index < -0.39 is 0 Å². The molecule has 1 atom stereocenters. The molecule has 0 radical (unpaired) electrons. The molecular weight excluding hydrogens is 450 g/mol. The van der Waals surface area contributed by atoms with Crippen LogP contribution in [-0.2, 0) is 0 Å². The molecule has 1 unspecified atom stereocenters. The average Bonchev–Trinajstić information content (AvgIpc) is 3.41. The van der Waals surface area contributed by atoms with E-state index in [1.54, 1.807) is 12.1 Å². The standard InChI is InChI=1S/C29H31N5O2/c1-21-7-6-10-25(19-21)29-32-31-28(36-29)24-13-11-23(12-14-24)27(35)30-26(22-8-4-3-5-9-22)20-34-17-15-33(2)16-18-34/h3-14,19,26H,15-18,20H2,1-2H3,(H,30,35). The number of carbonyl (C=O) groups is 1. The Hall–Kier alpha value is -3.81. The Bertz CT molecular complexity index is 1290. The monoisotopic (exact) mass is 481 g/mol. The van der Waals surface area contributed by atoms with E-state index in [-0.39, 0.29) is 11.9 Å². The molecule has 0 aliphatic carbocycles. The van der Waals surface area contributed by atoms with Crippen molar-refractivity contribution in [2.45, 2.75) is 13.0 Å². The summed E-state index contributed by atoms with van der Waals surface area (Å²) in [6.45, 7) is 6.89. The predicted molar refractivity (Wildman–Crippen MR) is 140 cm³/mol. The van der Waals surface area contributed by atoms with Gasteiger partial charge in [0, 0.05) is 49.4 Å². The van der Waals surface area contributed by atoms with Gasteiger partial charge in [-0.05, 0) is 55.9 Å². The van der Waals surface area contributed by atoms with Crippen molar-refractivity contribution in [2.75, 3.05) is 39.8 Å². The van der Waals surface area contributed by atoms with Gasteiger partial charge < -0.3 is 14.6 Å². The molecule has 1 aliphatic rings. The molecule has 184 valence electrons. The second-order valence-electron chi connectivity index (χ2n) is 9.40. The van der Waals surface area contributed by atoms with Crippen LogP contribution in [0.15, 0.2) is 83.3 Å². The van der Waals surface area contributed by atoms with Gasteiger partial charge in [0.05, 0.1) is 6.04 Å². The van der Waals surface area contributed by atoms with Crippen LogP contribution in [0, 0.1) is 6.92 Å². The Morgan fingerprint density at radius 1 is 0.889 bits per heavy atom. The van der Waals surface area contributed by atoms with E-state index in [4.69, 9.17) is 4.42 Å². The summed E-state index contributed by atoms with van der Waals surface area (Å²) in [4.78, 5) is 18.0. The van der Waals surface area contributed by atoms with Gasteiger partial charge in [-0.3, -0.25) is 9.69 Å². The van der Waals surface area contributed by atoms with Crippen molar-refractivity contribution in [2.24, 2.45) is 0 Å². The number of hydrogen-bond acceptors (Lipinski definition) is 6. The summed E-state index contributed by atoms with van der Waals surface area (Å²) in [5.74, 6) is 0.802. The largest absolute Gasteiger partial charge is 0.416 e. The second kappa shape index (κ2) is 10.8. The fourth-order valence-corrected chi connectivity index (χ4v) is 4.45. The molecule has 1 amide bonds. The van der Waals surface area contributed by atoms with Gasteiger partial charge in [-0.15, -0.1) is 10.2 Å². The van der Waals surface area contributed by atoms with Crippen molar-refractivity contribution in [3.8, 4) is 22.9 Å². The van der Waals surface area contributed by atoms with Crippen LogP contribution in [0.3, 0.4) is 0 Å². The first-order valence-electron chi connectivity index (χ1n) is 12.3. The van der Waals surface area contributed by atoms with Crippen molar-refractivity contribution in [1.82, 2.24) is 25.3 Å². The number of hydrogen-bond donors (Lipinski definition) is 1. The molecule has 0 spiro atoms. The lowest BCUT2D eigenvalue weighted by Gasteiger charge is -2.35. The van der Waals surface area contributed by atoms with E-state index in [1.165, 1.54) is 0 Å². The van der Waals surface area contributed by atoms with Crippen molar-refractivity contribution in [3.63, 3.8) is 0 Å². The highest BCUT2D eigenvalue weighted by molar-refractivity contribution is 5.94. The van der Waals surface area contributed by atoms with Gasteiger partial charge in [-0.25, -0.2) is 0 Å². The molecule has 1 saturated heterocycles. The summed E-state index contributed by atoms with van der Waals surface area (Å²) in [6.07, 6.45) is 0. The summed E-state index contributed by atoms with van der Waals surface area (Å²) >= 11 is 0. The van der Waals surface area contributed by atoms with Crippen LogP contribution in [-0.4, -0.2) is 65.7 Å². The fraction of sp³-hybridized carbons (Fsp3) is 0.276. The van der Waals surface area contributed by atoms with Gasteiger partial charge in [-0.2, -0.15) is 0 Å². The third-order valence-electron chi connectivity index (χ3n) is 6.63. The number of rotatable bonds is 7. The van der Waals surface area contributed by atoms with Crippen molar-refractivity contribution >= 4 is 5.91 Å². The number of likely N-dealkylation sites (N-methyl/N-ethyl adjacent to an activating group) is 1. The van der Waals surface area contributed by atoms with Gasteiger partial charge in [0.2, 0.25) is 11.8 Å². The third kappa shape index (κ3) is 5.70. The third-order valence-corrected chi connectivity index (χ3v) is 6.63. The van der Waals surface area contributed by atoms with Crippen molar-refractivity contribution in [1.29, 1.82) is 0 Å². The van der Waals surface area contributed by atoms with Gasteiger partial charge >= 0.3 is 0 Å². The van der Waals surface area contributed by atoms with E-state index in [1.807, 2.05) is 61.5 Å². The Kier molecular flexibility index (Phi) is 7.21. The van der Waals surface area contributed by atoms with Crippen LogP contribution in [0.1, 0.15) is 27.5 Å². The minimum atomic E-state index is -0.101. The molecule has 1 aromatic heterocycles. The normalized spacial score (nSPS) is 15.5. The van der Waals surface area contributed by atoms with Crippen molar-refractivity contribution < 1.29 is 9.21 Å². The first-order chi connectivity index (χ1) is 17.5. The summed E-state index contributed by atoms with van der Waals surface area (Å²) in [7, 11) is 2.15. The van der Waals surface area contributed by atoms with E-state index in [9.17, 15) is 4.79 Å². The van der Waals surface area contributed by atoms with Crippen molar-refractivity contribution in [3.05, 3.63) is 95.6 Å². The number of nitrogens with one attached hydrogen (secondary N) is 1. The molecule has 3 aromatic carbocycles. The topological polar surface area (TPSA) is 74.5 Å². The van der Waals surface area contributed by atoms with Crippen LogP contribution in [0.5, 0.6) is 0 Å². The predicted octanol–water partition coefficient (Wildman–Crippen LogP) is 4.43. The highest BCUT2D eigenvalue weighted by atomic mass is 16.4. The summed E-state index contributed by atoms with van der Waals surface area (Å²) in [5, 5.41) is 11.6. The molecule has 0 saturated carbocycles. The molecule has 1 N–H and O–H groups in total. The number of carbonyl (C=O) groups excluding carboxylic acids is 1. The molecule has 7 nitrogen and oxygen atoms in total. The number of benzene rings is 3. The molecule has 0 bridgehead atoms. The van der Waals surface area contributed by atoms with Crippen LogP contribution in [0.2, 0.25) is 0 Å². The highest BCUT2D eigenvalue weighted by Gasteiger charge is 2.22. The van der Waals surface area contributed by atoms with E-state index in [2.05, 4.69) is 44.5 Å². The molecular formula is C29H31N5O2. The highest BCUT2D eigenvalue weighted by Crippen LogP contribution is 2.25. The maximum absolute atomic E-state index is 13.2. The van der Waals surface area contributed by atoms with E-state index >= 15 is 0 Å². The zero-order chi connectivity index (χ0) is 24.9. The first kappa shape index (κ1) is 23.9. The van der Waals surface area contributed by atoms with Gasteiger partial charge in [-0.1, -0.05) is 48.0 Å². The summed E-state index contributed by atoms with van der Waals surface area (Å²) in [6, 6.07) is 25.3. The minimum absolute atomic E-state index is 0.0883. The van der Waals surface area contributed by atoms with E-state index in [0.29, 0.717) is 17.3 Å². The number of piperazine rings is 1. The quantitative estimate of drug-likeness (QED) is 0.421. The molecule has 5 rings (SSSR count). The zero-order valence-corrected chi connectivity index (χ0v) is 20.7. The molecule has 4 aromatic rings. The fourth-order valence-electron chi connectivity index (χ4n) is 4.45. The lowest BCUT2D eigenvalue weighted by Crippen LogP contribution is -2.47. The molecule has 2 heterocycles. The molecule has 7 heteroatoms. The molecule has 1 aliphatic heterocycles. The van der Waals surface area contributed by atoms with Gasteiger partial charge in [0.25, 0.3) is 5.91 Å². The zero-order valence-electron chi connectivity index (χ0n) is 20.7. The SMILES string of the molecule is Cc1cccc(-c2nnc(-c3ccc(C(=O)NC(CN4CCN(C)CC4)c4ccccc4)cc3)o2)c1. The number of nitrogens with zero attached hydrogens (tertiary/aromatic N) is 4. The Balaban J connectivity index is 1.28. The van der Waals surface area contributed by atoms with Gasteiger partial charge in [0.15, 0.2) is 0 Å². The van der Waals surface area contributed by atoms with Crippen LogP contribution in [0.4, 0.5) is 0 Å². The Morgan fingerprint density at radius 3 is 2.28 bits per heavy atom. The number of aromatic nitrogens is 2. The maximum atomic E-state index is 13.2. The minimum Gasteiger partial charge on any atom is -0.416 e. The summed E-state index contributed by atoms with van der Waals surface area (Å²) < 4.78 is 5.89. The number of amides is 1. The van der Waals surface area contributed by atoms with Crippen LogP contribution >= 0.6 is 0 Å². The summed E-state index contributed by atoms with van der Waals surface area (Å²) in [5.41, 5.74) is 4.49. The molecule has 1 fully saturated rings. The number of aryl methyl sites for hydroxylation is 1. The maximum Gasteiger partial charge on any atom is 0.251 e. The molecule has 36 heavy (non-hydrogen) atoms. The Morgan fingerprint density at radius 2 is 1.58 bits per heavy atom. The second-order valence-corrected chi connectivity index (χ2v) is 9.40. The van der Waals surface area contributed by atoms with Crippen LogP contribution in [0.25, 0.3) is 22.9 Å². The smallest absolute Gasteiger partial charge is 0.251 e. The first-order valence-corrected chi connectivity index (χ1v) is 12.3. The Labute approximate surface area is 211 Å². The average molecular weight is 482 g/mol. The van der Waals surface area contributed by atoms with Crippen LogP contribution < -0.4 is 5.32 Å². The van der Waals surface area contributed by atoms with E-state index in [0.717, 1.165) is 55.0 Å².